The third-order valence-corrected chi connectivity index (χ3v) is 3.41. The van der Waals surface area contributed by atoms with Crippen LogP contribution in [0.5, 0.6) is 0 Å². The van der Waals surface area contributed by atoms with Crippen molar-refractivity contribution in [3.63, 3.8) is 0 Å². The molecule has 0 amide bonds. The molecule has 1 aromatic carbocycles. The largest absolute Gasteiger partial charge is 0.396 e. The van der Waals surface area contributed by atoms with E-state index in [0.29, 0.717) is 12.0 Å². The van der Waals surface area contributed by atoms with E-state index in [0.717, 1.165) is 5.75 Å². The molecule has 88 valence electrons. The van der Waals surface area contributed by atoms with Gasteiger partial charge in [0.05, 0.1) is 5.25 Å². The van der Waals surface area contributed by atoms with Gasteiger partial charge in [-0.05, 0) is 43.4 Å². The van der Waals surface area contributed by atoms with E-state index in [2.05, 4.69) is 0 Å². The maximum atomic E-state index is 12.7. The van der Waals surface area contributed by atoms with Crippen LogP contribution >= 0.6 is 11.8 Å². The van der Waals surface area contributed by atoms with Crippen molar-refractivity contribution in [3.8, 4) is 0 Å². The van der Waals surface area contributed by atoms with Gasteiger partial charge in [-0.15, -0.1) is 0 Å². The zero-order valence-corrected chi connectivity index (χ0v) is 9.97. The number of halogens is 1. The lowest BCUT2D eigenvalue weighted by molar-refractivity contribution is 0.0994. The van der Waals surface area contributed by atoms with Gasteiger partial charge in [-0.25, -0.2) is 4.39 Å². The first kappa shape index (κ1) is 13.2. The highest BCUT2D eigenvalue weighted by Gasteiger charge is 2.14. The normalized spacial score (nSPS) is 12.4. The number of aliphatic hydroxyl groups excluding tert-OH is 1. The van der Waals surface area contributed by atoms with Crippen LogP contribution < -0.4 is 0 Å². The van der Waals surface area contributed by atoms with Crippen LogP contribution in [-0.2, 0) is 0 Å². The van der Waals surface area contributed by atoms with Gasteiger partial charge in [-0.1, -0.05) is 0 Å². The third kappa shape index (κ3) is 3.94. The molecule has 0 saturated heterocycles. The zero-order chi connectivity index (χ0) is 12.0. The van der Waals surface area contributed by atoms with E-state index in [1.165, 1.54) is 36.0 Å². The Morgan fingerprint density at radius 2 is 2.06 bits per heavy atom. The van der Waals surface area contributed by atoms with Gasteiger partial charge in [0.2, 0.25) is 0 Å². The molecule has 1 atom stereocenters. The van der Waals surface area contributed by atoms with Crippen molar-refractivity contribution in [2.45, 2.75) is 18.6 Å². The lowest BCUT2D eigenvalue weighted by Crippen LogP contribution is -2.14. The molecule has 4 heteroatoms. The summed E-state index contributed by atoms with van der Waals surface area (Å²) in [6.45, 7) is 1.97. The average molecular weight is 242 g/mol. The van der Waals surface area contributed by atoms with Gasteiger partial charge in [-0.3, -0.25) is 4.79 Å². The first-order valence-electron chi connectivity index (χ1n) is 5.17. The minimum Gasteiger partial charge on any atom is -0.396 e. The molecule has 1 rings (SSSR count). The van der Waals surface area contributed by atoms with Crippen molar-refractivity contribution >= 4 is 17.5 Å². The third-order valence-electron chi connectivity index (χ3n) is 2.17. The van der Waals surface area contributed by atoms with Crippen LogP contribution in [0, 0.1) is 5.82 Å². The molecule has 0 radical (unpaired) electrons. The minimum atomic E-state index is -0.336. The fraction of sp³-hybridized carbons (Fsp3) is 0.417. The molecule has 0 heterocycles. The number of thioether (sulfide) groups is 1. The summed E-state index contributed by atoms with van der Waals surface area (Å²) in [6, 6.07) is 5.58. The van der Waals surface area contributed by atoms with E-state index >= 15 is 0 Å². The summed E-state index contributed by atoms with van der Waals surface area (Å²) in [5.41, 5.74) is 0.533. The number of hydrogen-bond donors (Lipinski definition) is 1. The molecule has 0 bridgehead atoms. The Morgan fingerprint density at radius 3 is 2.62 bits per heavy atom. The highest BCUT2D eigenvalue weighted by atomic mass is 32.2. The smallest absolute Gasteiger partial charge is 0.175 e. The van der Waals surface area contributed by atoms with E-state index in [4.69, 9.17) is 5.11 Å². The van der Waals surface area contributed by atoms with Gasteiger partial charge in [-0.2, -0.15) is 11.8 Å². The molecule has 0 fully saturated rings. The Bertz CT molecular complexity index is 337. The van der Waals surface area contributed by atoms with Crippen LogP contribution in [0.4, 0.5) is 4.39 Å². The monoisotopic (exact) mass is 242 g/mol. The summed E-state index contributed by atoms with van der Waals surface area (Å²) in [4.78, 5) is 11.8. The van der Waals surface area contributed by atoms with Gasteiger partial charge in [0.1, 0.15) is 5.82 Å². The van der Waals surface area contributed by atoms with Gasteiger partial charge < -0.3 is 5.11 Å². The maximum Gasteiger partial charge on any atom is 0.175 e. The molecule has 0 spiro atoms. The van der Waals surface area contributed by atoms with Crippen LogP contribution in [0.25, 0.3) is 0 Å². The minimum absolute atomic E-state index is 0.00272. The maximum absolute atomic E-state index is 12.7. The van der Waals surface area contributed by atoms with Gasteiger partial charge in [0.15, 0.2) is 5.78 Å². The van der Waals surface area contributed by atoms with E-state index < -0.39 is 0 Å². The summed E-state index contributed by atoms with van der Waals surface area (Å²) in [7, 11) is 0. The number of benzene rings is 1. The Hall–Kier alpha value is -0.870. The molecule has 0 aliphatic carbocycles. The van der Waals surface area contributed by atoms with Gasteiger partial charge in [0, 0.05) is 12.2 Å². The van der Waals surface area contributed by atoms with Gasteiger partial charge >= 0.3 is 0 Å². The van der Waals surface area contributed by atoms with Crippen LogP contribution in [0.1, 0.15) is 23.7 Å². The Balaban J connectivity index is 2.53. The van der Waals surface area contributed by atoms with Crippen molar-refractivity contribution in [2.24, 2.45) is 0 Å². The van der Waals surface area contributed by atoms with Crippen LogP contribution in [0.3, 0.4) is 0 Å². The van der Waals surface area contributed by atoms with Crippen molar-refractivity contribution < 1.29 is 14.3 Å². The number of carbonyl (C=O) groups excluding carboxylic acids is 1. The second-order valence-electron chi connectivity index (χ2n) is 3.46. The molecule has 0 aliphatic heterocycles. The summed E-state index contributed by atoms with van der Waals surface area (Å²) < 4.78 is 12.7. The Morgan fingerprint density at radius 1 is 1.44 bits per heavy atom. The first-order valence-corrected chi connectivity index (χ1v) is 6.22. The van der Waals surface area contributed by atoms with Crippen LogP contribution in [0.15, 0.2) is 24.3 Å². The molecule has 1 N–H and O–H groups in total. The van der Waals surface area contributed by atoms with Crippen LogP contribution in [-0.4, -0.2) is 28.5 Å². The number of ketones is 1. The summed E-state index contributed by atoms with van der Waals surface area (Å²) in [5.74, 6) is 0.421. The first-order chi connectivity index (χ1) is 7.65. The average Bonchev–Trinajstić information content (AvgIpc) is 2.29. The molecule has 0 saturated carbocycles. The van der Waals surface area contributed by atoms with Crippen molar-refractivity contribution in [1.29, 1.82) is 0 Å². The lowest BCUT2D eigenvalue weighted by Gasteiger charge is -2.09. The highest BCUT2D eigenvalue weighted by molar-refractivity contribution is 8.00. The topological polar surface area (TPSA) is 37.3 Å². The van der Waals surface area contributed by atoms with E-state index in [-0.39, 0.29) is 23.5 Å². The lowest BCUT2D eigenvalue weighted by atomic mass is 10.1. The van der Waals surface area contributed by atoms with Crippen LogP contribution in [0.2, 0.25) is 0 Å². The number of carbonyl (C=O) groups is 1. The Kier molecular flexibility index (Phi) is 5.49. The molecular formula is C12H15FO2S. The number of rotatable bonds is 6. The fourth-order valence-electron chi connectivity index (χ4n) is 1.25. The zero-order valence-electron chi connectivity index (χ0n) is 9.15. The quantitative estimate of drug-likeness (QED) is 0.615. The molecule has 0 aromatic heterocycles. The van der Waals surface area contributed by atoms with E-state index in [1.54, 1.807) is 0 Å². The fourth-order valence-corrected chi connectivity index (χ4v) is 2.19. The molecule has 2 nitrogen and oxygen atoms in total. The number of aliphatic hydroxyl groups is 1. The molecule has 1 unspecified atom stereocenters. The second kappa shape index (κ2) is 6.66. The van der Waals surface area contributed by atoms with E-state index in [1.807, 2.05) is 6.92 Å². The van der Waals surface area contributed by atoms with Crippen molar-refractivity contribution in [1.82, 2.24) is 0 Å². The summed E-state index contributed by atoms with van der Waals surface area (Å²) in [6.07, 6.45) is 0.686. The molecule has 16 heavy (non-hydrogen) atoms. The number of hydrogen-bond acceptors (Lipinski definition) is 3. The highest BCUT2D eigenvalue weighted by Crippen LogP contribution is 2.17. The summed E-state index contributed by atoms with van der Waals surface area (Å²) >= 11 is 1.50. The number of Topliss-reactive ketones (excluding diaryl/α,β-unsaturated/α-hetero) is 1. The molecular weight excluding hydrogens is 227 g/mol. The SMILES string of the molecule is CC(SCCCO)C(=O)c1ccc(F)cc1. The second-order valence-corrected chi connectivity index (χ2v) is 4.91. The van der Waals surface area contributed by atoms with Crippen molar-refractivity contribution in [2.75, 3.05) is 12.4 Å². The standard InChI is InChI=1S/C12H15FO2S/c1-9(16-8-2-7-14)12(15)10-3-5-11(13)6-4-10/h3-6,9,14H,2,7-8H2,1H3. The Labute approximate surface area is 98.9 Å². The molecule has 1 aromatic rings. The molecule has 0 aliphatic rings. The van der Waals surface area contributed by atoms with E-state index in [9.17, 15) is 9.18 Å². The predicted molar refractivity (Wildman–Crippen MR) is 64.4 cm³/mol. The van der Waals surface area contributed by atoms with Crippen molar-refractivity contribution in [3.05, 3.63) is 35.6 Å². The van der Waals surface area contributed by atoms with Gasteiger partial charge in [0.25, 0.3) is 0 Å². The summed E-state index contributed by atoms with van der Waals surface area (Å²) in [5, 5.41) is 8.47. The predicted octanol–water partition coefficient (Wildman–Crippen LogP) is 2.51.